The Morgan fingerprint density at radius 2 is 1.94 bits per heavy atom. The van der Waals surface area contributed by atoms with Gasteiger partial charge in [-0.3, -0.25) is 0 Å². The Hall–Kier alpha value is -2.29. The largest absolute Gasteiger partial charge is 0.497 e. The molecule has 0 N–H and O–H groups in total. The van der Waals surface area contributed by atoms with E-state index in [1.807, 2.05) is 49.4 Å². The molecule has 3 rings (SSSR count). The predicted octanol–water partition coefficient (Wildman–Crippen LogP) is 3.81. The number of para-hydroxylation sites is 2. The molecule has 0 saturated carbocycles. The van der Waals surface area contributed by atoms with Crippen LogP contribution in [0, 0.1) is 6.92 Å². The van der Waals surface area contributed by atoms with Gasteiger partial charge in [0, 0.05) is 5.56 Å². The van der Waals surface area contributed by atoms with Gasteiger partial charge in [0.1, 0.15) is 11.3 Å². The smallest absolute Gasteiger partial charge is 0.227 e. The fraction of sp³-hybridized carbons (Fsp3) is 0.133. The quantitative estimate of drug-likeness (QED) is 0.682. The molecule has 0 radical (unpaired) electrons. The molecule has 0 unspecified atom stereocenters. The summed E-state index contributed by atoms with van der Waals surface area (Å²) in [7, 11) is 1.66. The van der Waals surface area contributed by atoms with Crippen molar-refractivity contribution in [1.82, 2.24) is 4.98 Å². The Kier molecular flexibility index (Phi) is 2.52. The molecule has 2 aromatic carbocycles. The molecule has 3 heteroatoms. The number of benzene rings is 2. The van der Waals surface area contributed by atoms with Crippen molar-refractivity contribution in [2.75, 3.05) is 7.11 Å². The zero-order valence-electron chi connectivity index (χ0n) is 10.3. The number of ether oxygens (including phenoxy) is 1. The molecule has 3 nitrogen and oxygen atoms in total. The molecule has 0 atom stereocenters. The summed E-state index contributed by atoms with van der Waals surface area (Å²) >= 11 is 0. The Labute approximate surface area is 105 Å². The van der Waals surface area contributed by atoms with Crippen LogP contribution in [0.4, 0.5) is 0 Å². The van der Waals surface area contributed by atoms with Gasteiger partial charge in [-0.1, -0.05) is 12.1 Å². The molecule has 1 aromatic heterocycles. The standard InChI is InChI=1S/C15H13NO2/c1-10-9-11(17-2)7-8-12(10)15-16-13-5-3-4-6-14(13)18-15/h3-9H,1-2H3. The topological polar surface area (TPSA) is 35.3 Å². The second-order valence-electron chi connectivity index (χ2n) is 4.17. The van der Waals surface area contributed by atoms with Crippen molar-refractivity contribution < 1.29 is 9.15 Å². The number of hydrogen-bond donors (Lipinski definition) is 0. The number of nitrogens with zero attached hydrogens (tertiary/aromatic N) is 1. The van der Waals surface area contributed by atoms with Gasteiger partial charge in [-0.05, 0) is 42.8 Å². The van der Waals surface area contributed by atoms with E-state index in [0.29, 0.717) is 5.89 Å². The second kappa shape index (κ2) is 4.18. The number of oxazole rings is 1. The van der Waals surface area contributed by atoms with Crippen molar-refractivity contribution in [2.24, 2.45) is 0 Å². The summed E-state index contributed by atoms with van der Waals surface area (Å²) < 4.78 is 11.0. The van der Waals surface area contributed by atoms with E-state index in [0.717, 1.165) is 28.0 Å². The van der Waals surface area contributed by atoms with Crippen LogP contribution in [0.2, 0.25) is 0 Å². The highest BCUT2D eigenvalue weighted by atomic mass is 16.5. The average molecular weight is 239 g/mol. The fourth-order valence-corrected chi connectivity index (χ4v) is 1.99. The van der Waals surface area contributed by atoms with Crippen LogP contribution in [-0.4, -0.2) is 12.1 Å². The first kappa shape index (κ1) is 10.8. The molecular weight excluding hydrogens is 226 g/mol. The third-order valence-corrected chi connectivity index (χ3v) is 2.96. The molecule has 3 aromatic rings. The van der Waals surface area contributed by atoms with Crippen molar-refractivity contribution in [3.8, 4) is 17.2 Å². The lowest BCUT2D eigenvalue weighted by atomic mass is 10.1. The van der Waals surface area contributed by atoms with E-state index < -0.39 is 0 Å². The van der Waals surface area contributed by atoms with E-state index in [1.54, 1.807) is 7.11 Å². The van der Waals surface area contributed by atoms with Crippen LogP contribution in [-0.2, 0) is 0 Å². The summed E-state index contributed by atoms with van der Waals surface area (Å²) in [6.07, 6.45) is 0. The first-order valence-electron chi connectivity index (χ1n) is 5.78. The summed E-state index contributed by atoms with van der Waals surface area (Å²) in [4.78, 5) is 4.49. The van der Waals surface area contributed by atoms with E-state index >= 15 is 0 Å². The minimum Gasteiger partial charge on any atom is -0.497 e. The van der Waals surface area contributed by atoms with Crippen LogP contribution < -0.4 is 4.74 Å². The summed E-state index contributed by atoms with van der Waals surface area (Å²) in [5, 5.41) is 0. The van der Waals surface area contributed by atoms with Crippen LogP contribution in [0.1, 0.15) is 5.56 Å². The van der Waals surface area contributed by atoms with Gasteiger partial charge in [-0.25, -0.2) is 4.98 Å². The van der Waals surface area contributed by atoms with Crippen LogP contribution in [0.15, 0.2) is 46.9 Å². The molecule has 0 fully saturated rings. The highest BCUT2D eigenvalue weighted by Crippen LogP contribution is 2.28. The number of fused-ring (bicyclic) bond motifs is 1. The number of hydrogen-bond acceptors (Lipinski definition) is 3. The minimum absolute atomic E-state index is 0.649. The van der Waals surface area contributed by atoms with Gasteiger partial charge in [0.15, 0.2) is 5.58 Å². The lowest BCUT2D eigenvalue weighted by molar-refractivity contribution is 0.414. The van der Waals surface area contributed by atoms with Crippen LogP contribution >= 0.6 is 0 Å². The highest BCUT2D eigenvalue weighted by Gasteiger charge is 2.10. The normalized spacial score (nSPS) is 10.8. The van der Waals surface area contributed by atoms with Gasteiger partial charge in [-0.2, -0.15) is 0 Å². The maximum atomic E-state index is 5.76. The van der Waals surface area contributed by atoms with Crippen LogP contribution in [0.25, 0.3) is 22.6 Å². The number of aromatic nitrogens is 1. The maximum absolute atomic E-state index is 5.76. The molecule has 0 amide bonds. The predicted molar refractivity (Wildman–Crippen MR) is 70.7 cm³/mol. The van der Waals surface area contributed by atoms with Crippen molar-refractivity contribution in [1.29, 1.82) is 0 Å². The van der Waals surface area contributed by atoms with E-state index in [9.17, 15) is 0 Å². The van der Waals surface area contributed by atoms with Crippen molar-refractivity contribution in [2.45, 2.75) is 6.92 Å². The Morgan fingerprint density at radius 3 is 2.67 bits per heavy atom. The van der Waals surface area contributed by atoms with E-state index in [1.165, 1.54) is 0 Å². The molecule has 0 bridgehead atoms. The summed E-state index contributed by atoms with van der Waals surface area (Å²) in [6.45, 7) is 2.02. The molecule has 0 aliphatic heterocycles. The lowest BCUT2D eigenvalue weighted by Crippen LogP contribution is -1.87. The van der Waals surface area contributed by atoms with E-state index in [-0.39, 0.29) is 0 Å². The van der Waals surface area contributed by atoms with Gasteiger partial charge < -0.3 is 9.15 Å². The number of rotatable bonds is 2. The van der Waals surface area contributed by atoms with E-state index in [2.05, 4.69) is 4.98 Å². The van der Waals surface area contributed by atoms with E-state index in [4.69, 9.17) is 9.15 Å². The lowest BCUT2D eigenvalue weighted by Gasteiger charge is -2.04. The molecule has 18 heavy (non-hydrogen) atoms. The van der Waals surface area contributed by atoms with Crippen molar-refractivity contribution in [3.05, 3.63) is 48.0 Å². The first-order valence-corrected chi connectivity index (χ1v) is 5.78. The third-order valence-electron chi connectivity index (χ3n) is 2.96. The Balaban J connectivity index is 2.14. The monoisotopic (exact) mass is 239 g/mol. The molecular formula is C15H13NO2. The molecule has 0 aliphatic carbocycles. The van der Waals surface area contributed by atoms with Gasteiger partial charge in [0.2, 0.25) is 5.89 Å². The van der Waals surface area contributed by atoms with Crippen molar-refractivity contribution >= 4 is 11.1 Å². The second-order valence-corrected chi connectivity index (χ2v) is 4.17. The summed E-state index contributed by atoms with van der Waals surface area (Å²) in [6, 6.07) is 13.6. The summed E-state index contributed by atoms with van der Waals surface area (Å²) in [5.74, 6) is 1.49. The Morgan fingerprint density at radius 1 is 1.11 bits per heavy atom. The van der Waals surface area contributed by atoms with Crippen LogP contribution in [0.3, 0.4) is 0 Å². The minimum atomic E-state index is 0.649. The van der Waals surface area contributed by atoms with Crippen molar-refractivity contribution in [3.63, 3.8) is 0 Å². The first-order chi connectivity index (χ1) is 8.78. The summed E-state index contributed by atoms with van der Waals surface area (Å²) in [5.41, 5.74) is 3.76. The van der Waals surface area contributed by atoms with Gasteiger partial charge in [-0.15, -0.1) is 0 Å². The third kappa shape index (κ3) is 1.74. The number of aryl methyl sites for hydroxylation is 1. The van der Waals surface area contributed by atoms with Gasteiger partial charge in [0.05, 0.1) is 7.11 Å². The van der Waals surface area contributed by atoms with Gasteiger partial charge in [0.25, 0.3) is 0 Å². The molecule has 0 spiro atoms. The molecule has 0 aliphatic rings. The van der Waals surface area contributed by atoms with Crippen LogP contribution in [0.5, 0.6) is 5.75 Å². The fourth-order valence-electron chi connectivity index (χ4n) is 1.99. The molecule has 1 heterocycles. The van der Waals surface area contributed by atoms with Gasteiger partial charge >= 0.3 is 0 Å². The SMILES string of the molecule is COc1ccc(-c2nc3ccccc3o2)c(C)c1. The Bertz CT molecular complexity index is 668. The molecule has 90 valence electrons. The zero-order valence-corrected chi connectivity index (χ0v) is 10.3. The average Bonchev–Trinajstić information content (AvgIpc) is 2.81. The molecule has 0 saturated heterocycles. The highest BCUT2D eigenvalue weighted by molar-refractivity contribution is 5.76. The number of methoxy groups -OCH3 is 1. The maximum Gasteiger partial charge on any atom is 0.227 e. The zero-order chi connectivity index (χ0) is 12.5.